The first-order valence-corrected chi connectivity index (χ1v) is 5.70. The van der Waals surface area contributed by atoms with Gasteiger partial charge in [-0.15, -0.1) is 0 Å². The fourth-order valence-corrected chi connectivity index (χ4v) is 1.96. The highest BCUT2D eigenvalue weighted by Crippen LogP contribution is 2.15. The summed E-state index contributed by atoms with van der Waals surface area (Å²) >= 11 is 0. The maximum absolute atomic E-state index is 11.7. The average Bonchev–Trinajstić information content (AvgIpc) is 2.32. The van der Waals surface area contributed by atoms with Gasteiger partial charge in [0.25, 0.3) is 0 Å². The highest BCUT2D eigenvalue weighted by Gasteiger charge is 2.42. The molecule has 0 aromatic heterocycles. The van der Waals surface area contributed by atoms with E-state index in [0.717, 1.165) is 4.90 Å². The quantitative estimate of drug-likeness (QED) is 0.344. The summed E-state index contributed by atoms with van der Waals surface area (Å²) < 4.78 is 0. The van der Waals surface area contributed by atoms with E-state index in [4.69, 9.17) is 21.1 Å². The molecule has 0 aromatic carbocycles. The molecule has 1 fully saturated rings. The van der Waals surface area contributed by atoms with Crippen molar-refractivity contribution in [3.8, 4) is 0 Å². The number of nitrogens with one attached hydrogen (secondary N) is 1. The van der Waals surface area contributed by atoms with Crippen molar-refractivity contribution in [3.63, 3.8) is 0 Å². The topological polar surface area (TPSA) is 170 Å². The highest BCUT2D eigenvalue weighted by atomic mass is 16.4. The van der Waals surface area contributed by atoms with E-state index in [1.165, 1.54) is 0 Å². The van der Waals surface area contributed by atoms with Gasteiger partial charge < -0.3 is 26.4 Å². The van der Waals surface area contributed by atoms with Crippen LogP contribution in [0.2, 0.25) is 0 Å². The Morgan fingerprint density at radius 2 is 1.95 bits per heavy atom. The van der Waals surface area contributed by atoms with E-state index in [2.05, 4.69) is 5.32 Å². The average molecular weight is 289 g/mol. The third-order valence-corrected chi connectivity index (χ3v) is 2.95. The molecule has 1 aliphatic heterocycles. The van der Waals surface area contributed by atoms with Crippen LogP contribution in [0.15, 0.2) is 0 Å². The molecule has 1 aliphatic rings. The Morgan fingerprint density at radius 3 is 2.40 bits per heavy atom. The Labute approximate surface area is 113 Å². The summed E-state index contributed by atoms with van der Waals surface area (Å²) in [6.45, 7) is -0.672. The number of nitrogens with zero attached hydrogens (tertiary/aromatic N) is 1. The number of nitrogens with two attached hydrogens (primary N) is 1. The lowest BCUT2D eigenvalue weighted by atomic mass is 10.0. The Bertz CT molecular complexity index is 439. The molecule has 1 saturated heterocycles. The van der Waals surface area contributed by atoms with Crippen molar-refractivity contribution in [2.24, 2.45) is 5.73 Å². The predicted octanol–water partition coefficient (Wildman–Crippen LogP) is -2.87. The molecule has 0 aromatic rings. The van der Waals surface area contributed by atoms with Gasteiger partial charge in [-0.2, -0.15) is 0 Å². The van der Waals surface area contributed by atoms with Crippen molar-refractivity contribution < 1.29 is 34.5 Å². The van der Waals surface area contributed by atoms with Gasteiger partial charge in [0.2, 0.25) is 5.91 Å². The van der Waals surface area contributed by atoms with Crippen molar-refractivity contribution in [1.82, 2.24) is 10.2 Å². The standard InChI is InChI=1S/C10H15N3O7/c11-4(9(17)18)3-13-5(1-7(14)15)8(16)12-2-6(13)10(19)20/h4-6H,1-3,11H2,(H,12,16)(H,14,15)(H,17,18)(H,19,20). The maximum Gasteiger partial charge on any atom is 0.322 e. The third-order valence-electron chi connectivity index (χ3n) is 2.95. The van der Waals surface area contributed by atoms with Gasteiger partial charge in [0.15, 0.2) is 0 Å². The van der Waals surface area contributed by atoms with Crippen LogP contribution >= 0.6 is 0 Å². The van der Waals surface area contributed by atoms with E-state index in [-0.39, 0.29) is 6.54 Å². The molecule has 0 aliphatic carbocycles. The number of piperazine rings is 1. The van der Waals surface area contributed by atoms with Crippen molar-refractivity contribution in [3.05, 3.63) is 0 Å². The largest absolute Gasteiger partial charge is 0.481 e. The number of carboxylic acid groups (broad SMARTS) is 3. The summed E-state index contributed by atoms with van der Waals surface area (Å²) in [5.74, 6) is -4.63. The van der Waals surface area contributed by atoms with Crippen LogP contribution in [0.3, 0.4) is 0 Å². The number of rotatable bonds is 6. The second kappa shape index (κ2) is 6.30. The Morgan fingerprint density at radius 1 is 1.35 bits per heavy atom. The van der Waals surface area contributed by atoms with E-state index in [9.17, 15) is 19.2 Å². The molecule has 1 heterocycles. The van der Waals surface area contributed by atoms with Crippen LogP contribution in [0.5, 0.6) is 0 Å². The molecule has 20 heavy (non-hydrogen) atoms. The SMILES string of the molecule is NC(CN1C(C(=O)O)CNC(=O)C1CC(=O)O)C(=O)O. The van der Waals surface area contributed by atoms with Gasteiger partial charge in [-0.1, -0.05) is 0 Å². The van der Waals surface area contributed by atoms with E-state index in [1.807, 2.05) is 0 Å². The van der Waals surface area contributed by atoms with Crippen LogP contribution < -0.4 is 11.1 Å². The normalized spacial score (nSPS) is 24.8. The molecule has 112 valence electrons. The first-order chi connectivity index (χ1) is 9.23. The van der Waals surface area contributed by atoms with E-state index < -0.39 is 54.9 Å². The van der Waals surface area contributed by atoms with Gasteiger partial charge in [-0.05, 0) is 0 Å². The molecule has 0 spiro atoms. The maximum atomic E-state index is 11.7. The van der Waals surface area contributed by atoms with Crippen LogP contribution in [0.1, 0.15) is 6.42 Å². The van der Waals surface area contributed by atoms with Gasteiger partial charge in [-0.25, -0.2) is 0 Å². The number of aliphatic carboxylic acids is 3. The van der Waals surface area contributed by atoms with Gasteiger partial charge in [0.05, 0.1) is 6.42 Å². The fraction of sp³-hybridized carbons (Fsp3) is 0.600. The molecule has 10 heteroatoms. The minimum absolute atomic E-state index is 0.239. The van der Waals surface area contributed by atoms with Gasteiger partial charge >= 0.3 is 17.9 Å². The van der Waals surface area contributed by atoms with Crippen LogP contribution in [-0.4, -0.2) is 75.2 Å². The molecule has 0 saturated carbocycles. The Kier molecular flexibility index (Phi) is 5.00. The smallest absolute Gasteiger partial charge is 0.322 e. The molecule has 3 unspecified atom stereocenters. The second-order valence-corrected chi connectivity index (χ2v) is 4.35. The van der Waals surface area contributed by atoms with Crippen molar-refractivity contribution in [2.45, 2.75) is 24.5 Å². The summed E-state index contributed by atoms with van der Waals surface area (Å²) in [5.41, 5.74) is 5.33. The zero-order valence-corrected chi connectivity index (χ0v) is 10.4. The number of carbonyl (C=O) groups is 4. The second-order valence-electron chi connectivity index (χ2n) is 4.35. The van der Waals surface area contributed by atoms with Crippen LogP contribution in [0.25, 0.3) is 0 Å². The zero-order valence-electron chi connectivity index (χ0n) is 10.4. The molecule has 0 bridgehead atoms. The van der Waals surface area contributed by atoms with Crippen LogP contribution in [0.4, 0.5) is 0 Å². The monoisotopic (exact) mass is 289 g/mol. The number of carboxylic acids is 3. The molecular formula is C10H15N3O7. The number of carbonyl (C=O) groups excluding carboxylic acids is 1. The lowest BCUT2D eigenvalue weighted by Crippen LogP contribution is -2.65. The lowest BCUT2D eigenvalue weighted by molar-refractivity contribution is -0.154. The number of amides is 1. The van der Waals surface area contributed by atoms with Crippen molar-refractivity contribution >= 4 is 23.8 Å². The summed E-state index contributed by atoms with van der Waals surface area (Å²) in [6.07, 6.45) is -0.637. The molecule has 1 rings (SSSR count). The molecule has 0 radical (unpaired) electrons. The Hall–Kier alpha value is -2.20. The summed E-state index contributed by atoms with van der Waals surface area (Å²) in [5, 5.41) is 28.9. The first-order valence-electron chi connectivity index (χ1n) is 5.70. The molecular weight excluding hydrogens is 274 g/mol. The first kappa shape index (κ1) is 15.9. The van der Waals surface area contributed by atoms with Crippen LogP contribution in [0, 0.1) is 0 Å². The van der Waals surface area contributed by atoms with E-state index in [1.54, 1.807) is 0 Å². The van der Waals surface area contributed by atoms with E-state index >= 15 is 0 Å². The molecule has 1 amide bonds. The van der Waals surface area contributed by atoms with Gasteiger partial charge in [-0.3, -0.25) is 24.1 Å². The Balaban J connectivity index is 3.00. The van der Waals surface area contributed by atoms with Crippen molar-refractivity contribution in [2.75, 3.05) is 13.1 Å². The summed E-state index contributed by atoms with van der Waals surface area (Å²) in [7, 11) is 0. The molecule has 10 nitrogen and oxygen atoms in total. The number of hydrogen-bond donors (Lipinski definition) is 5. The van der Waals surface area contributed by atoms with Crippen LogP contribution in [-0.2, 0) is 19.2 Å². The predicted molar refractivity (Wildman–Crippen MR) is 62.8 cm³/mol. The van der Waals surface area contributed by atoms with E-state index in [0.29, 0.717) is 0 Å². The fourth-order valence-electron chi connectivity index (χ4n) is 1.96. The third kappa shape index (κ3) is 3.65. The zero-order chi connectivity index (χ0) is 15.4. The summed E-state index contributed by atoms with van der Waals surface area (Å²) in [6, 6.07) is -3.91. The molecule has 6 N–H and O–H groups in total. The minimum atomic E-state index is -1.42. The summed E-state index contributed by atoms with van der Waals surface area (Å²) in [4.78, 5) is 45.3. The lowest BCUT2D eigenvalue weighted by Gasteiger charge is -2.39. The highest BCUT2D eigenvalue weighted by molar-refractivity contribution is 5.89. The van der Waals surface area contributed by atoms with Gasteiger partial charge in [0.1, 0.15) is 18.1 Å². The van der Waals surface area contributed by atoms with Gasteiger partial charge in [0, 0.05) is 13.1 Å². The minimum Gasteiger partial charge on any atom is -0.481 e. The molecule has 3 atom stereocenters. The van der Waals surface area contributed by atoms with Crippen molar-refractivity contribution in [1.29, 1.82) is 0 Å². The number of hydrogen-bond acceptors (Lipinski definition) is 6.